The summed E-state index contributed by atoms with van der Waals surface area (Å²) in [5, 5.41) is 32.0. The van der Waals surface area contributed by atoms with Crippen molar-refractivity contribution in [3.8, 4) is 0 Å². The molecule has 1 rings (SSSR count). The van der Waals surface area contributed by atoms with E-state index in [1.165, 1.54) is 6.92 Å². The van der Waals surface area contributed by atoms with Crippen molar-refractivity contribution >= 4 is 13.7 Å². The van der Waals surface area contributed by atoms with Crippen molar-refractivity contribution < 1.29 is 62.3 Å². The van der Waals surface area contributed by atoms with Crippen LogP contribution in [0.15, 0.2) is 0 Å². The zero-order chi connectivity index (χ0) is 28.1. The van der Waals surface area contributed by atoms with Gasteiger partial charge in [-0.1, -0.05) is 20.8 Å². The lowest BCUT2D eigenvalue weighted by Crippen LogP contribution is -2.64. The molecule has 0 saturated carbocycles. The van der Waals surface area contributed by atoms with Gasteiger partial charge in [0.2, 0.25) is 5.91 Å². The quantitative estimate of drug-likeness (QED) is 0.107. The number of amides is 1. The van der Waals surface area contributed by atoms with Crippen LogP contribution in [0.3, 0.4) is 0 Å². The van der Waals surface area contributed by atoms with Gasteiger partial charge in [-0.3, -0.25) is 13.8 Å². The van der Waals surface area contributed by atoms with Crippen molar-refractivity contribution in [3.63, 3.8) is 0 Å². The average molecular weight is 562 g/mol. The Balaban J connectivity index is 2.22. The molecule has 37 heavy (non-hydrogen) atoms. The molecule has 1 saturated heterocycles. The minimum absolute atomic E-state index is 0.0657. The van der Waals surface area contributed by atoms with E-state index in [-0.39, 0.29) is 51.7 Å². The third-order valence-corrected chi connectivity index (χ3v) is 6.19. The molecule has 0 spiro atoms. The third kappa shape index (κ3) is 14.3. The standard InChI is InChI=1S/C22H44NO13P/c1-15(25)23-18-20(27)19(26)17(13-24)35-21(18)34-11-10-32-7-6-31-8-9-33-14-16(12-22(2,3)4)36-37(28,29)30-5/h16-21,24,26-27H,6-14H2,1-5H3,(H,23,25)(H,28,29)/t16-,17+,18+,19-,20+,21+/m0/s1. The molecule has 0 aliphatic carbocycles. The van der Waals surface area contributed by atoms with Crippen molar-refractivity contribution in [2.75, 3.05) is 60.0 Å². The van der Waals surface area contributed by atoms with E-state index in [9.17, 15) is 29.6 Å². The molecular weight excluding hydrogens is 517 g/mol. The van der Waals surface area contributed by atoms with Crippen LogP contribution < -0.4 is 5.32 Å². The summed E-state index contributed by atoms with van der Waals surface area (Å²) in [6.07, 6.45) is -5.00. The Labute approximate surface area is 218 Å². The average Bonchev–Trinajstić information content (AvgIpc) is 2.80. The zero-order valence-corrected chi connectivity index (χ0v) is 23.1. The van der Waals surface area contributed by atoms with Crippen LogP contribution in [0, 0.1) is 5.41 Å². The van der Waals surface area contributed by atoms with E-state index in [1.807, 2.05) is 20.8 Å². The molecule has 14 nitrogen and oxygen atoms in total. The second-order valence-corrected chi connectivity index (χ2v) is 11.3. The maximum Gasteiger partial charge on any atom is 0.472 e. The lowest BCUT2D eigenvalue weighted by molar-refractivity contribution is -0.272. The number of carbonyl (C=O) groups excluding carboxylic acids is 1. The number of ether oxygens (including phenoxy) is 5. The molecule has 0 aromatic carbocycles. The molecule has 0 aromatic rings. The van der Waals surface area contributed by atoms with Gasteiger partial charge in [0, 0.05) is 14.0 Å². The number of hydrogen-bond donors (Lipinski definition) is 5. The third-order valence-electron chi connectivity index (χ3n) is 5.16. The summed E-state index contributed by atoms with van der Waals surface area (Å²) in [6, 6.07) is -1.01. The lowest BCUT2D eigenvalue weighted by atomic mass is 9.89. The monoisotopic (exact) mass is 561 g/mol. The Morgan fingerprint density at radius 3 is 2.11 bits per heavy atom. The molecule has 0 aromatic heterocycles. The zero-order valence-electron chi connectivity index (χ0n) is 22.2. The normalized spacial score (nSPS) is 27.0. The van der Waals surface area contributed by atoms with Crippen LogP contribution >= 0.6 is 7.82 Å². The van der Waals surface area contributed by atoms with Crippen LogP contribution in [0.5, 0.6) is 0 Å². The highest BCUT2D eigenvalue weighted by molar-refractivity contribution is 7.47. The summed E-state index contributed by atoms with van der Waals surface area (Å²) >= 11 is 0. The van der Waals surface area contributed by atoms with E-state index in [2.05, 4.69) is 9.84 Å². The smallest absolute Gasteiger partial charge is 0.394 e. The first kappa shape index (κ1) is 34.3. The van der Waals surface area contributed by atoms with Gasteiger partial charge in [-0.2, -0.15) is 0 Å². The molecule has 0 bridgehead atoms. The Morgan fingerprint density at radius 1 is 1.03 bits per heavy atom. The van der Waals surface area contributed by atoms with Crippen LogP contribution in [0.25, 0.3) is 0 Å². The van der Waals surface area contributed by atoms with Gasteiger partial charge in [-0.05, 0) is 11.8 Å². The van der Waals surface area contributed by atoms with Crippen LogP contribution in [-0.4, -0.2) is 123 Å². The second-order valence-electron chi connectivity index (χ2n) is 9.75. The van der Waals surface area contributed by atoms with Crippen molar-refractivity contribution in [2.24, 2.45) is 5.41 Å². The highest BCUT2D eigenvalue weighted by Gasteiger charge is 2.45. The molecule has 220 valence electrons. The number of phosphoric acid groups is 1. The summed E-state index contributed by atoms with van der Waals surface area (Å²) in [7, 11) is -3.02. The fourth-order valence-corrected chi connectivity index (χ4v) is 4.13. The number of hydrogen-bond acceptors (Lipinski definition) is 12. The van der Waals surface area contributed by atoms with Gasteiger partial charge < -0.3 is 49.2 Å². The van der Waals surface area contributed by atoms with Crippen molar-refractivity contribution in [2.45, 2.75) is 70.9 Å². The molecule has 1 heterocycles. The van der Waals surface area contributed by atoms with Gasteiger partial charge in [0.25, 0.3) is 0 Å². The number of nitrogens with one attached hydrogen (secondary N) is 1. The van der Waals surface area contributed by atoms with Gasteiger partial charge in [-0.25, -0.2) is 4.57 Å². The first-order valence-corrected chi connectivity index (χ1v) is 13.6. The molecular formula is C22H44NO13P. The highest BCUT2D eigenvalue weighted by atomic mass is 31.2. The van der Waals surface area contributed by atoms with Crippen LogP contribution in [0.4, 0.5) is 0 Å². The van der Waals surface area contributed by atoms with Crippen LogP contribution in [0.2, 0.25) is 0 Å². The van der Waals surface area contributed by atoms with E-state index < -0.39 is 57.1 Å². The Hall–Kier alpha value is -0.740. The van der Waals surface area contributed by atoms with Crippen LogP contribution in [-0.2, 0) is 42.1 Å². The highest BCUT2D eigenvalue weighted by Crippen LogP contribution is 2.45. The van der Waals surface area contributed by atoms with Crippen molar-refractivity contribution in [1.82, 2.24) is 5.32 Å². The topological polar surface area (TPSA) is 192 Å². The van der Waals surface area contributed by atoms with Gasteiger partial charge >= 0.3 is 7.82 Å². The summed E-state index contributed by atoms with van der Waals surface area (Å²) in [6.45, 7) is 8.10. The van der Waals surface area contributed by atoms with Crippen molar-refractivity contribution in [3.05, 3.63) is 0 Å². The van der Waals surface area contributed by atoms with Gasteiger partial charge in [0.15, 0.2) is 6.29 Å². The predicted octanol–water partition coefficient (Wildman–Crippen LogP) is -0.435. The van der Waals surface area contributed by atoms with E-state index in [1.54, 1.807) is 0 Å². The maximum absolute atomic E-state index is 11.7. The maximum atomic E-state index is 11.7. The predicted molar refractivity (Wildman–Crippen MR) is 130 cm³/mol. The molecule has 15 heteroatoms. The first-order valence-electron chi connectivity index (χ1n) is 12.1. The van der Waals surface area contributed by atoms with E-state index in [4.69, 9.17) is 28.2 Å². The summed E-state index contributed by atoms with van der Waals surface area (Å²) in [5.74, 6) is -0.436. The fraction of sp³-hybridized carbons (Fsp3) is 0.955. The molecule has 0 radical (unpaired) electrons. The minimum Gasteiger partial charge on any atom is -0.394 e. The SMILES string of the molecule is COP(=O)(O)O[C@H](COCCOCCOCCO[C@@H]1O[C@H](CO)[C@H](O)[C@H](O)[C@H]1NC(C)=O)CC(C)(C)C. The van der Waals surface area contributed by atoms with E-state index in [0.717, 1.165) is 7.11 Å². The largest absolute Gasteiger partial charge is 0.472 e. The van der Waals surface area contributed by atoms with Crippen molar-refractivity contribution in [1.29, 1.82) is 0 Å². The number of carbonyl (C=O) groups is 1. The van der Waals surface area contributed by atoms with Gasteiger partial charge in [0.05, 0.1) is 59.0 Å². The molecule has 1 aliphatic heterocycles. The molecule has 1 unspecified atom stereocenters. The molecule has 7 atom stereocenters. The second kappa shape index (κ2) is 17.1. The van der Waals surface area contributed by atoms with E-state index in [0.29, 0.717) is 6.42 Å². The Bertz CT molecular complexity index is 692. The molecule has 5 N–H and O–H groups in total. The number of aliphatic hydroxyl groups excluding tert-OH is 3. The molecule has 1 aliphatic rings. The lowest BCUT2D eigenvalue weighted by Gasteiger charge is -2.42. The first-order chi connectivity index (χ1) is 17.3. The fourth-order valence-electron chi connectivity index (χ4n) is 3.53. The van der Waals surface area contributed by atoms with Gasteiger partial charge in [-0.15, -0.1) is 0 Å². The van der Waals surface area contributed by atoms with Gasteiger partial charge in [0.1, 0.15) is 24.4 Å². The number of aliphatic hydroxyl groups is 3. The summed E-state index contributed by atoms with van der Waals surface area (Å²) < 4.78 is 48.7. The molecule has 1 fully saturated rings. The number of rotatable bonds is 18. The number of phosphoric ester groups is 1. The summed E-state index contributed by atoms with van der Waals surface area (Å²) in [4.78, 5) is 21.0. The summed E-state index contributed by atoms with van der Waals surface area (Å²) in [5.41, 5.74) is -0.144. The minimum atomic E-state index is -4.12. The molecule has 1 amide bonds. The van der Waals surface area contributed by atoms with E-state index >= 15 is 0 Å². The van der Waals surface area contributed by atoms with Crippen LogP contribution in [0.1, 0.15) is 34.1 Å². The Morgan fingerprint density at radius 2 is 1.59 bits per heavy atom. The Kier molecular flexibility index (Phi) is 15.8.